The summed E-state index contributed by atoms with van der Waals surface area (Å²) in [6, 6.07) is 13.1. The van der Waals surface area contributed by atoms with Crippen LogP contribution >= 0.6 is 0 Å². The highest BCUT2D eigenvalue weighted by Gasteiger charge is 2.25. The van der Waals surface area contributed by atoms with Crippen LogP contribution in [0.4, 0.5) is 5.69 Å². The van der Waals surface area contributed by atoms with Gasteiger partial charge in [-0.2, -0.15) is 0 Å². The van der Waals surface area contributed by atoms with E-state index in [1.807, 2.05) is 30.3 Å². The van der Waals surface area contributed by atoms with Crippen molar-refractivity contribution in [3.63, 3.8) is 0 Å². The Labute approximate surface area is 196 Å². The third-order valence-electron chi connectivity index (χ3n) is 5.30. The standard InChI is InChI=1S/C25H28N4O5/c1-14-11-22(30)34-21-13-18(9-10-19(14)21)28-25(33)20(12-17-7-5-4-6-8-17)29-24(32)16(3)27-23(31)15(2)26/h4-11,13,15-16,20H,12,26H2,1-3H3,(H,27,31)(H,28,33)(H,29,32)/t15-,16+,20+/m1/s1. The van der Waals surface area contributed by atoms with E-state index in [-0.39, 0.29) is 6.42 Å². The molecule has 5 N–H and O–H groups in total. The molecule has 3 atom stereocenters. The van der Waals surface area contributed by atoms with Crippen LogP contribution in [0.3, 0.4) is 0 Å². The van der Waals surface area contributed by atoms with Crippen LogP contribution in [0.25, 0.3) is 11.0 Å². The summed E-state index contributed by atoms with van der Waals surface area (Å²) in [6.07, 6.45) is 0.230. The van der Waals surface area contributed by atoms with E-state index in [4.69, 9.17) is 10.2 Å². The lowest BCUT2D eigenvalue weighted by atomic mass is 10.0. The second-order valence-electron chi connectivity index (χ2n) is 8.22. The number of anilines is 1. The molecule has 0 saturated carbocycles. The normalized spacial score (nSPS) is 13.5. The van der Waals surface area contributed by atoms with Crippen LogP contribution < -0.4 is 27.3 Å². The Morgan fingerprint density at radius 3 is 2.32 bits per heavy atom. The molecule has 0 aliphatic carbocycles. The lowest BCUT2D eigenvalue weighted by molar-refractivity contribution is -0.130. The first-order valence-corrected chi connectivity index (χ1v) is 10.9. The predicted molar refractivity (Wildman–Crippen MR) is 129 cm³/mol. The average molecular weight is 465 g/mol. The molecule has 0 aliphatic heterocycles. The van der Waals surface area contributed by atoms with Crippen LogP contribution in [0, 0.1) is 6.92 Å². The van der Waals surface area contributed by atoms with E-state index in [1.54, 1.807) is 25.1 Å². The monoisotopic (exact) mass is 464 g/mol. The van der Waals surface area contributed by atoms with Gasteiger partial charge < -0.3 is 26.1 Å². The maximum atomic E-state index is 13.1. The number of amides is 3. The molecule has 0 saturated heterocycles. The molecule has 1 heterocycles. The van der Waals surface area contributed by atoms with Crippen molar-refractivity contribution < 1.29 is 18.8 Å². The first-order chi connectivity index (χ1) is 16.1. The molecular weight excluding hydrogens is 436 g/mol. The summed E-state index contributed by atoms with van der Waals surface area (Å²) >= 11 is 0. The van der Waals surface area contributed by atoms with Crippen molar-refractivity contribution in [1.82, 2.24) is 10.6 Å². The first kappa shape index (κ1) is 24.7. The molecule has 1 aromatic heterocycles. The van der Waals surface area contributed by atoms with Crippen LogP contribution in [0.5, 0.6) is 0 Å². The third kappa shape index (κ3) is 6.29. The smallest absolute Gasteiger partial charge is 0.336 e. The van der Waals surface area contributed by atoms with Gasteiger partial charge in [-0.05, 0) is 44.0 Å². The molecular formula is C25H28N4O5. The number of rotatable bonds is 8. The quantitative estimate of drug-likeness (QED) is 0.373. The second-order valence-corrected chi connectivity index (χ2v) is 8.22. The summed E-state index contributed by atoms with van der Waals surface area (Å²) in [6.45, 7) is 4.83. The molecule has 178 valence electrons. The number of nitrogens with one attached hydrogen (secondary N) is 3. The number of aryl methyl sites for hydroxylation is 1. The largest absolute Gasteiger partial charge is 0.423 e. The summed E-state index contributed by atoms with van der Waals surface area (Å²) in [5, 5.41) is 8.75. The zero-order valence-corrected chi connectivity index (χ0v) is 19.3. The van der Waals surface area contributed by atoms with Crippen molar-refractivity contribution in [2.75, 3.05) is 5.32 Å². The number of hydrogen-bond acceptors (Lipinski definition) is 6. The minimum Gasteiger partial charge on any atom is -0.423 e. The van der Waals surface area contributed by atoms with E-state index >= 15 is 0 Å². The van der Waals surface area contributed by atoms with Gasteiger partial charge in [0.25, 0.3) is 0 Å². The number of hydrogen-bond donors (Lipinski definition) is 4. The molecule has 9 heteroatoms. The lowest BCUT2D eigenvalue weighted by Gasteiger charge is -2.22. The van der Waals surface area contributed by atoms with Gasteiger partial charge in [-0.1, -0.05) is 30.3 Å². The molecule has 9 nitrogen and oxygen atoms in total. The molecule has 0 aliphatic rings. The van der Waals surface area contributed by atoms with Gasteiger partial charge >= 0.3 is 5.63 Å². The van der Waals surface area contributed by atoms with E-state index in [9.17, 15) is 19.2 Å². The Hall–Kier alpha value is -3.98. The van der Waals surface area contributed by atoms with Crippen LogP contribution in [-0.4, -0.2) is 35.8 Å². The highest BCUT2D eigenvalue weighted by Crippen LogP contribution is 2.21. The van der Waals surface area contributed by atoms with E-state index in [0.717, 1.165) is 16.5 Å². The fourth-order valence-electron chi connectivity index (χ4n) is 3.40. The topological polar surface area (TPSA) is 144 Å². The number of benzene rings is 2. The Kier molecular flexibility index (Phi) is 7.80. The third-order valence-corrected chi connectivity index (χ3v) is 5.30. The Morgan fingerprint density at radius 2 is 1.65 bits per heavy atom. The molecule has 0 bridgehead atoms. The van der Waals surface area contributed by atoms with Gasteiger partial charge in [-0.15, -0.1) is 0 Å². The van der Waals surface area contributed by atoms with E-state index in [0.29, 0.717) is 11.3 Å². The predicted octanol–water partition coefficient (Wildman–Crippen LogP) is 1.62. The Balaban J connectivity index is 1.80. The van der Waals surface area contributed by atoms with Gasteiger partial charge in [-0.25, -0.2) is 4.79 Å². The van der Waals surface area contributed by atoms with Crippen molar-refractivity contribution in [3.05, 3.63) is 76.1 Å². The van der Waals surface area contributed by atoms with Crippen molar-refractivity contribution in [2.45, 2.75) is 45.3 Å². The highest BCUT2D eigenvalue weighted by molar-refractivity contribution is 5.99. The van der Waals surface area contributed by atoms with Gasteiger partial charge in [-0.3, -0.25) is 14.4 Å². The van der Waals surface area contributed by atoms with Gasteiger partial charge in [0.2, 0.25) is 17.7 Å². The zero-order valence-electron chi connectivity index (χ0n) is 19.3. The van der Waals surface area contributed by atoms with Gasteiger partial charge in [0.15, 0.2) is 0 Å². The lowest BCUT2D eigenvalue weighted by Crippen LogP contribution is -2.54. The molecule has 2 aromatic carbocycles. The van der Waals surface area contributed by atoms with Crippen molar-refractivity contribution in [1.29, 1.82) is 0 Å². The van der Waals surface area contributed by atoms with E-state index in [2.05, 4.69) is 16.0 Å². The van der Waals surface area contributed by atoms with Crippen LogP contribution in [-0.2, 0) is 20.8 Å². The summed E-state index contributed by atoms with van der Waals surface area (Å²) in [4.78, 5) is 49.4. The molecule has 0 fully saturated rings. The fourth-order valence-corrected chi connectivity index (χ4v) is 3.40. The van der Waals surface area contributed by atoms with Gasteiger partial charge in [0, 0.05) is 29.6 Å². The molecule has 3 aromatic rings. The van der Waals surface area contributed by atoms with Crippen LogP contribution in [0.1, 0.15) is 25.0 Å². The number of carbonyl (C=O) groups is 3. The van der Waals surface area contributed by atoms with Gasteiger partial charge in [0.05, 0.1) is 6.04 Å². The average Bonchev–Trinajstić information content (AvgIpc) is 2.78. The molecule has 0 radical (unpaired) electrons. The SMILES string of the molecule is Cc1cc(=O)oc2cc(NC(=O)[C@H](Cc3ccccc3)NC(=O)[C@H](C)NC(=O)[C@@H](C)N)ccc12. The minimum atomic E-state index is -0.926. The summed E-state index contributed by atoms with van der Waals surface area (Å²) in [7, 11) is 0. The maximum Gasteiger partial charge on any atom is 0.336 e. The molecule has 34 heavy (non-hydrogen) atoms. The van der Waals surface area contributed by atoms with Crippen molar-refractivity contribution in [2.24, 2.45) is 5.73 Å². The van der Waals surface area contributed by atoms with Crippen molar-refractivity contribution >= 4 is 34.4 Å². The number of carbonyl (C=O) groups excluding carboxylic acids is 3. The van der Waals surface area contributed by atoms with E-state index in [1.165, 1.54) is 19.9 Å². The summed E-state index contributed by atoms with van der Waals surface area (Å²) < 4.78 is 5.25. The Bertz CT molecular complexity index is 1250. The molecule has 0 spiro atoms. The van der Waals surface area contributed by atoms with E-state index < -0.39 is 41.5 Å². The molecule has 0 unspecified atom stereocenters. The number of nitrogens with two attached hydrogens (primary N) is 1. The fraction of sp³-hybridized carbons (Fsp3) is 0.280. The maximum absolute atomic E-state index is 13.1. The summed E-state index contributed by atoms with van der Waals surface area (Å²) in [5.41, 5.74) is 7.43. The molecule has 3 amide bonds. The van der Waals surface area contributed by atoms with Crippen molar-refractivity contribution in [3.8, 4) is 0 Å². The van der Waals surface area contributed by atoms with Gasteiger partial charge in [0.1, 0.15) is 17.7 Å². The zero-order chi connectivity index (χ0) is 24.8. The molecule has 3 rings (SSSR count). The number of fused-ring (bicyclic) bond motifs is 1. The first-order valence-electron chi connectivity index (χ1n) is 10.9. The van der Waals surface area contributed by atoms with Crippen LogP contribution in [0.2, 0.25) is 0 Å². The van der Waals surface area contributed by atoms with Crippen LogP contribution in [0.15, 0.2) is 63.8 Å². The minimum absolute atomic E-state index is 0.230. The highest BCUT2D eigenvalue weighted by atomic mass is 16.4. The Morgan fingerprint density at radius 1 is 0.941 bits per heavy atom. The second kappa shape index (κ2) is 10.8. The summed E-state index contributed by atoms with van der Waals surface area (Å²) in [5.74, 6) is -1.46.